The quantitative estimate of drug-likeness (QED) is 0.402. The minimum Gasteiger partial charge on any atom is -0.477 e. The lowest BCUT2D eigenvalue weighted by Crippen LogP contribution is -2.24. The van der Waals surface area contributed by atoms with E-state index in [0.29, 0.717) is 41.9 Å². The fourth-order valence-corrected chi connectivity index (χ4v) is 4.59. The maximum Gasteiger partial charge on any atom is 0.262 e. The molecule has 5 aromatic rings. The predicted molar refractivity (Wildman–Crippen MR) is 129 cm³/mol. The Labute approximate surface area is 195 Å². The molecule has 8 nitrogen and oxygen atoms in total. The number of hydrogen-bond acceptors (Lipinski definition) is 6. The maximum absolute atomic E-state index is 13.5. The Bertz CT molecular complexity index is 1600. The van der Waals surface area contributed by atoms with Gasteiger partial charge in [0.2, 0.25) is 5.88 Å². The highest BCUT2D eigenvalue weighted by molar-refractivity contribution is 5.84. The summed E-state index contributed by atoms with van der Waals surface area (Å²) in [7, 11) is 0. The molecule has 4 heterocycles. The number of aryl methyl sites for hydroxylation is 2. The second-order valence-corrected chi connectivity index (χ2v) is 8.97. The zero-order valence-corrected chi connectivity index (χ0v) is 19.2. The summed E-state index contributed by atoms with van der Waals surface area (Å²) in [6, 6.07) is 15.5. The van der Waals surface area contributed by atoms with Crippen LogP contribution < -0.4 is 10.3 Å². The lowest BCUT2D eigenvalue weighted by molar-refractivity contribution is 0.166. The molecule has 0 N–H and O–H groups in total. The van der Waals surface area contributed by atoms with Gasteiger partial charge in [-0.1, -0.05) is 18.2 Å². The lowest BCUT2D eigenvalue weighted by atomic mass is 10.1. The van der Waals surface area contributed by atoms with Crippen molar-refractivity contribution in [3.05, 3.63) is 76.0 Å². The minimum absolute atomic E-state index is 0.0958. The molecular weight excluding hydrogens is 430 g/mol. The molecule has 0 saturated carbocycles. The average molecular weight is 456 g/mol. The molecule has 8 heteroatoms. The maximum atomic E-state index is 13.5. The Hall–Kier alpha value is -3.78. The van der Waals surface area contributed by atoms with Crippen LogP contribution >= 0.6 is 0 Å². The van der Waals surface area contributed by atoms with E-state index in [1.54, 1.807) is 4.57 Å². The Morgan fingerprint density at radius 2 is 1.97 bits per heavy atom. The van der Waals surface area contributed by atoms with Crippen molar-refractivity contribution in [3.8, 4) is 5.88 Å². The third-order valence-corrected chi connectivity index (χ3v) is 6.34. The van der Waals surface area contributed by atoms with Gasteiger partial charge in [-0.3, -0.25) is 9.36 Å². The number of rotatable bonds is 5. The molecule has 1 aliphatic rings. The van der Waals surface area contributed by atoms with Crippen LogP contribution in [0.25, 0.3) is 27.5 Å². The van der Waals surface area contributed by atoms with Gasteiger partial charge < -0.3 is 9.47 Å². The molecule has 0 radical (unpaired) electrons. The molecule has 2 aromatic carbocycles. The molecule has 1 saturated heterocycles. The summed E-state index contributed by atoms with van der Waals surface area (Å²) in [6.45, 7) is 6.19. The fraction of sp³-hybridized carbons (Fsp3) is 0.308. The first kappa shape index (κ1) is 20.8. The molecule has 0 spiro atoms. The standard InChI is InChI=1S/C26H25N5O3/c1-16-7-8-19-21(11-16)27-23(28-25(19)34-15-18-9-10-33-14-18)13-30-24-12-17(2)29-31(24)22-6-4-3-5-20(22)26(30)32/h3-8,11-12,18H,9-10,13-15H2,1-2H3. The van der Waals surface area contributed by atoms with Gasteiger partial charge in [-0.15, -0.1) is 0 Å². The van der Waals surface area contributed by atoms with Gasteiger partial charge in [0.05, 0.1) is 47.3 Å². The van der Waals surface area contributed by atoms with Crippen molar-refractivity contribution < 1.29 is 9.47 Å². The van der Waals surface area contributed by atoms with Crippen molar-refractivity contribution in [1.82, 2.24) is 24.1 Å². The highest BCUT2D eigenvalue weighted by Gasteiger charge is 2.19. The highest BCUT2D eigenvalue weighted by Crippen LogP contribution is 2.25. The Balaban J connectivity index is 1.48. The van der Waals surface area contributed by atoms with Crippen LogP contribution in [0.5, 0.6) is 5.88 Å². The summed E-state index contributed by atoms with van der Waals surface area (Å²) in [5.41, 5.74) is 4.13. The van der Waals surface area contributed by atoms with Crippen molar-refractivity contribution >= 4 is 27.5 Å². The molecule has 172 valence electrons. The molecule has 1 fully saturated rings. The van der Waals surface area contributed by atoms with E-state index < -0.39 is 0 Å². The summed E-state index contributed by atoms with van der Waals surface area (Å²) in [5, 5.41) is 6.09. The van der Waals surface area contributed by atoms with E-state index in [4.69, 9.17) is 19.4 Å². The monoisotopic (exact) mass is 455 g/mol. The zero-order chi connectivity index (χ0) is 23.2. The molecule has 0 amide bonds. The topological polar surface area (TPSA) is 83.5 Å². The Morgan fingerprint density at radius 1 is 1.09 bits per heavy atom. The van der Waals surface area contributed by atoms with Gasteiger partial charge in [-0.25, -0.2) is 9.50 Å². The van der Waals surface area contributed by atoms with Gasteiger partial charge in [-0.05, 0) is 50.1 Å². The van der Waals surface area contributed by atoms with Crippen LogP contribution in [0.2, 0.25) is 0 Å². The van der Waals surface area contributed by atoms with E-state index in [-0.39, 0.29) is 12.1 Å². The van der Waals surface area contributed by atoms with Crippen molar-refractivity contribution in [2.45, 2.75) is 26.8 Å². The number of nitrogens with zero attached hydrogens (tertiary/aromatic N) is 5. The van der Waals surface area contributed by atoms with E-state index in [0.717, 1.165) is 40.7 Å². The summed E-state index contributed by atoms with van der Waals surface area (Å²) < 4.78 is 15.2. The first-order valence-corrected chi connectivity index (χ1v) is 11.5. The van der Waals surface area contributed by atoms with Gasteiger partial charge in [0, 0.05) is 18.6 Å². The van der Waals surface area contributed by atoms with Crippen LogP contribution in [0.4, 0.5) is 0 Å². The van der Waals surface area contributed by atoms with Gasteiger partial charge in [0.15, 0.2) is 5.82 Å². The van der Waals surface area contributed by atoms with Crippen LogP contribution in [0.3, 0.4) is 0 Å². The molecule has 0 bridgehead atoms. The van der Waals surface area contributed by atoms with Crippen LogP contribution in [0.1, 0.15) is 23.5 Å². The molecule has 3 aromatic heterocycles. The number of ether oxygens (including phenoxy) is 2. The molecule has 1 aliphatic heterocycles. The summed E-state index contributed by atoms with van der Waals surface area (Å²) in [5.74, 6) is 1.42. The van der Waals surface area contributed by atoms with E-state index >= 15 is 0 Å². The first-order valence-electron chi connectivity index (χ1n) is 11.5. The van der Waals surface area contributed by atoms with Crippen LogP contribution in [-0.2, 0) is 11.3 Å². The predicted octanol–water partition coefficient (Wildman–Crippen LogP) is 3.67. The summed E-state index contributed by atoms with van der Waals surface area (Å²) in [4.78, 5) is 23.0. The normalized spacial score (nSPS) is 16.1. The van der Waals surface area contributed by atoms with E-state index in [1.807, 2.05) is 66.9 Å². The molecule has 1 atom stereocenters. The molecular formula is C26H25N5O3. The van der Waals surface area contributed by atoms with E-state index in [9.17, 15) is 4.79 Å². The smallest absolute Gasteiger partial charge is 0.262 e. The average Bonchev–Trinajstić information content (AvgIpc) is 3.49. The van der Waals surface area contributed by atoms with Gasteiger partial charge >= 0.3 is 0 Å². The number of fused-ring (bicyclic) bond motifs is 4. The third-order valence-electron chi connectivity index (χ3n) is 6.34. The second kappa shape index (κ2) is 8.22. The largest absolute Gasteiger partial charge is 0.477 e. The first-order chi connectivity index (χ1) is 16.6. The molecule has 1 unspecified atom stereocenters. The van der Waals surface area contributed by atoms with Crippen LogP contribution in [0, 0.1) is 19.8 Å². The van der Waals surface area contributed by atoms with Gasteiger partial charge in [-0.2, -0.15) is 10.1 Å². The Kier molecular flexibility index (Phi) is 5.03. The van der Waals surface area contributed by atoms with Crippen molar-refractivity contribution in [2.24, 2.45) is 5.92 Å². The van der Waals surface area contributed by atoms with Crippen molar-refractivity contribution in [2.75, 3.05) is 19.8 Å². The molecule has 6 rings (SSSR count). The summed E-state index contributed by atoms with van der Waals surface area (Å²) in [6.07, 6.45) is 0.986. The van der Waals surface area contributed by atoms with E-state index in [2.05, 4.69) is 5.10 Å². The van der Waals surface area contributed by atoms with Crippen LogP contribution in [-0.4, -0.2) is 44.0 Å². The Morgan fingerprint density at radius 3 is 2.82 bits per heavy atom. The number of hydrogen-bond donors (Lipinski definition) is 0. The molecule has 0 aliphatic carbocycles. The summed E-state index contributed by atoms with van der Waals surface area (Å²) >= 11 is 0. The third kappa shape index (κ3) is 3.60. The highest BCUT2D eigenvalue weighted by atomic mass is 16.5. The number of benzene rings is 2. The van der Waals surface area contributed by atoms with Crippen molar-refractivity contribution in [3.63, 3.8) is 0 Å². The van der Waals surface area contributed by atoms with Crippen molar-refractivity contribution in [1.29, 1.82) is 0 Å². The van der Waals surface area contributed by atoms with Gasteiger partial charge in [0.25, 0.3) is 5.56 Å². The van der Waals surface area contributed by atoms with Crippen LogP contribution in [0.15, 0.2) is 53.3 Å². The molecule has 34 heavy (non-hydrogen) atoms. The van der Waals surface area contributed by atoms with E-state index in [1.165, 1.54) is 0 Å². The zero-order valence-electron chi connectivity index (χ0n) is 19.2. The number of para-hydroxylation sites is 1. The fourth-order valence-electron chi connectivity index (χ4n) is 4.59. The minimum atomic E-state index is -0.0958. The number of aromatic nitrogens is 5. The van der Waals surface area contributed by atoms with Gasteiger partial charge in [0.1, 0.15) is 5.65 Å². The lowest BCUT2D eigenvalue weighted by Gasteiger charge is -2.14. The SMILES string of the molecule is Cc1ccc2c(OCC3CCOC3)nc(Cn3c(=O)c4ccccc4n4nc(C)cc34)nc2c1. The second-order valence-electron chi connectivity index (χ2n) is 8.97.